The van der Waals surface area contributed by atoms with Crippen LogP contribution in [0.15, 0.2) is 29.3 Å². The molecule has 1 aromatic carbocycles. The van der Waals surface area contributed by atoms with Crippen molar-refractivity contribution in [1.82, 2.24) is 15.5 Å². The number of piperidine rings is 1. The molecule has 2 aliphatic rings. The Kier molecular flexibility index (Phi) is 10.6. The highest BCUT2D eigenvalue weighted by atomic mass is 127. The van der Waals surface area contributed by atoms with Gasteiger partial charge in [0, 0.05) is 44.4 Å². The number of hydrogen-bond donors (Lipinski definition) is 2. The van der Waals surface area contributed by atoms with E-state index in [-0.39, 0.29) is 29.5 Å². The van der Waals surface area contributed by atoms with Crippen LogP contribution in [0.2, 0.25) is 0 Å². The van der Waals surface area contributed by atoms with E-state index in [1.54, 1.807) is 7.11 Å². The van der Waals surface area contributed by atoms with E-state index in [1.165, 1.54) is 5.69 Å². The van der Waals surface area contributed by atoms with Crippen molar-refractivity contribution in [3.8, 4) is 5.75 Å². The van der Waals surface area contributed by atoms with Crippen LogP contribution in [0.3, 0.4) is 0 Å². The van der Waals surface area contributed by atoms with E-state index in [4.69, 9.17) is 14.5 Å². The number of halogens is 1. The van der Waals surface area contributed by atoms with Gasteiger partial charge in [-0.25, -0.2) is 0 Å². The Labute approximate surface area is 205 Å². The van der Waals surface area contributed by atoms with Crippen molar-refractivity contribution >= 4 is 35.6 Å². The Bertz CT molecular complexity index is 694. The second kappa shape index (κ2) is 12.7. The molecular weight excluding hydrogens is 505 g/mol. The fraction of sp³-hybridized carbons (Fsp3) is 0.696. The molecule has 2 fully saturated rings. The molecule has 176 valence electrons. The van der Waals surface area contributed by atoms with E-state index in [2.05, 4.69) is 53.6 Å². The monoisotopic (exact) mass is 545 g/mol. The van der Waals surface area contributed by atoms with Gasteiger partial charge in [-0.05, 0) is 58.8 Å². The van der Waals surface area contributed by atoms with E-state index < -0.39 is 0 Å². The molecule has 1 unspecified atom stereocenters. The van der Waals surface area contributed by atoms with Crippen molar-refractivity contribution in [3.63, 3.8) is 0 Å². The molecule has 2 aliphatic heterocycles. The number of guanidine groups is 1. The highest BCUT2D eigenvalue weighted by molar-refractivity contribution is 14.0. The molecule has 3 rings (SSSR count). The molecule has 1 aromatic rings. The normalized spacial score (nSPS) is 21.4. The largest absolute Gasteiger partial charge is 0.495 e. The van der Waals surface area contributed by atoms with Gasteiger partial charge >= 0.3 is 0 Å². The number of nitrogens with zero attached hydrogens (tertiary/aromatic N) is 3. The smallest absolute Gasteiger partial charge is 0.191 e. The Morgan fingerprint density at radius 2 is 2.03 bits per heavy atom. The lowest BCUT2D eigenvalue weighted by molar-refractivity contribution is -0.00255. The molecule has 0 bridgehead atoms. The van der Waals surface area contributed by atoms with E-state index in [0.29, 0.717) is 6.04 Å². The molecule has 0 spiro atoms. The maximum atomic E-state index is 5.60. The molecule has 0 aliphatic carbocycles. The fourth-order valence-electron chi connectivity index (χ4n) is 4.44. The second-order valence-electron chi connectivity index (χ2n) is 8.53. The van der Waals surface area contributed by atoms with Crippen molar-refractivity contribution in [3.05, 3.63) is 24.3 Å². The quantitative estimate of drug-likeness (QED) is 0.312. The molecule has 2 saturated heterocycles. The maximum absolute atomic E-state index is 5.60. The summed E-state index contributed by atoms with van der Waals surface area (Å²) in [6.45, 7) is 7.37. The molecule has 7 nitrogen and oxygen atoms in total. The molecule has 0 amide bonds. The average Bonchev–Trinajstić information content (AvgIpc) is 2.78. The zero-order valence-corrected chi connectivity index (χ0v) is 21.9. The van der Waals surface area contributed by atoms with Gasteiger partial charge in [-0.15, -0.1) is 24.0 Å². The van der Waals surface area contributed by atoms with Crippen LogP contribution in [-0.2, 0) is 4.74 Å². The van der Waals surface area contributed by atoms with Gasteiger partial charge in [-0.2, -0.15) is 0 Å². The lowest BCUT2D eigenvalue weighted by Crippen LogP contribution is -2.53. The van der Waals surface area contributed by atoms with Crippen molar-refractivity contribution in [2.24, 2.45) is 4.99 Å². The molecule has 2 N–H and O–H groups in total. The molecular formula is C23H40IN5O2. The molecule has 8 heteroatoms. The number of anilines is 1. The lowest BCUT2D eigenvalue weighted by atomic mass is 9.89. The summed E-state index contributed by atoms with van der Waals surface area (Å²) in [5.74, 6) is 1.85. The number of likely N-dealkylation sites (N-methyl/N-ethyl adjacent to an activating group) is 1. The minimum atomic E-state index is 0. The van der Waals surface area contributed by atoms with Crippen LogP contribution in [0.25, 0.3) is 0 Å². The summed E-state index contributed by atoms with van der Waals surface area (Å²) in [6.07, 6.45) is 4.33. The number of para-hydroxylation sites is 2. The minimum Gasteiger partial charge on any atom is -0.495 e. The molecule has 0 radical (unpaired) electrons. The number of aliphatic imine (C=N–C) groups is 1. The fourth-order valence-corrected chi connectivity index (χ4v) is 4.44. The maximum Gasteiger partial charge on any atom is 0.191 e. The van der Waals surface area contributed by atoms with E-state index in [9.17, 15) is 0 Å². The number of methoxy groups -OCH3 is 1. The van der Waals surface area contributed by atoms with Gasteiger partial charge in [0.2, 0.25) is 0 Å². The first-order valence-corrected chi connectivity index (χ1v) is 11.3. The summed E-state index contributed by atoms with van der Waals surface area (Å²) in [4.78, 5) is 9.76. The van der Waals surface area contributed by atoms with Crippen LogP contribution in [0.1, 0.15) is 32.6 Å². The summed E-state index contributed by atoms with van der Waals surface area (Å²) in [5, 5.41) is 7.15. The van der Waals surface area contributed by atoms with Gasteiger partial charge < -0.3 is 29.9 Å². The summed E-state index contributed by atoms with van der Waals surface area (Å²) < 4.78 is 11.2. The third-order valence-corrected chi connectivity index (χ3v) is 6.44. The molecule has 31 heavy (non-hydrogen) atoms. The third-order valence-electron chi connectivity index (χ3n) is 6.44. The summed E-state index contributed by atoms with van der Waals surface area (Å²) >= 11 is 0. The minimum absolute atomic E-state index is 0. The average molecular weight is 546 g/mol. The first-order chi connectivity index (χ1) is 14.6. The Hall–Kier alpha value is -1.26. The van der Waals surface area contributed by atoms with Gasteiger partial charge in [-0.1, -0.05) is 12.1 Å². The van der Waals surface area contributed by atoms with E-state index in [1.807, 2.05) is 12.1 Å². The Morgan fingerprint density at radius 3 is 2.71 bits per heavy atom. The first-order valence-electron chi connectivity index (χ1n) is 11.3. The number of nitrogens with one attached hydrogen (secondary N) is 2. The highest BCUT2D eigenvalue weighted by Crippen LogP contribution is 2.30. The van der Waals surface area contributed by atoms with Gasteiger partial charge in [0.05, 0.1) is 19.3 Å². The van der Waals surface area contributed by atoms with Crippen molar-refractivity contribution < 1.29 is 9.47 Å². The van der Waals surface area contributed by atoms with Crippen molar-refractivity contribution in [2.75, 3.05) is 65.5 Å². The lowest BCUT2D eigenvalue weighted by Gasteiger charge is -2.42. The first kappa shape index (κ1) is 26.0. The Balaban J connectivity index is 0.00000341. The number of hydrogen-bond acceptors (Lipinski definition) is 5. The topological polar surface area (TPSA) is 61.4 Å². The van der Waals surface area contributed by atoms with Gasteiger partial charge in [0.25, 0.3) is 0 Å². The summed E-state index contributed by atoms with van der Waals surface area (Å²) in [5.41, 5.74) is 1.25. The van der Waals surface area contributed by atoms with Crippen LogP contribution in [0.5, 0.6) is 5.75 Å². The molecule has 0 aromatic heterocycles. The highest BCUT2D eigenvalue weighted by Gasteiger charge is 2.35. The van der Waals surface area contributed by atoms with Crippen LogP contribution in [0, 0.1) is 0 Å². The van der Waals surface area contributed by atoms with Gasteiger partial charge in [-0.3, -0.25) is 4.99 Å². The van der Waals surface area contributed by atoms with Crippen molar-refractivity contribution in [2.45, 2.75) is 44.2 Å². The number of ether oxygens (including phenoxy) is 2. The predicted molar refractivity (Wildman–Crippen MR) is 139 cm³/mol. The Morgan fingerprint density at radius 1 is 1.29 bits per heavy atom. The van der Waals surface area contributed by atoms with E-state index in [0.717, 1.165) is 76.8 Å². The van der Waals surface area contributed by atoms with Gasteiger partial charge in [0.1, 0.15) is 5.75 Å². The van der Waals surface area contributed by atoms with Crippen LogP contribution in [0.4, 0.5) is 5.69 Å². The van der Waals surface area contributed by atoms with Crippen LogP contribution < -0.4 is 20.3 Å². The van der Waals surface area contributed by atoms with Crippen LogP contribution in [-0.4, -0.2) is 83.0 Å². The second-order valence-corrected chi connectivity index (χ2v) is 8.53. The molecule has 2 heterocycles. The zero-order valence-electron chi connectivity index (χ0n) is 19.5. The predicted octanol–water partition coefficient (Wildman–Crippen LogP) is 2.95. The van der Waals surface area contributed by atoms with Crippen LogP contribution >= 0.6 is 24.0 Å². The van der Waals surface area contributed by atoms with Gasteiger partial charge in [0.15, 0.2) is 5.96 Å². The molecule has 0 saturated carbocycles. The summed E-state index contributed by atoms with van der Waals surface area (Å²) in [7, 11) is 6.06. The van der Waals surface area contributed by atoms with E-state index >= 15 is 0 Å². The zero-order chi connectivity index (χ0) is 21.4. The SMILES string of the molecule is CCNC(=NCC1(N(C)C)CCOCC1)NC1CCCN(c2ccccc2OC)C1.I. The number of benzene rings is 1. The molecule has 1 atom stereocenters. The standard InChI is InChI=1S/C23H39N5O2.HI/c1-5-24-22(25-18-23(27(2)3)12-15-30-16-13-23)26-19-9-8-14-28(17-19)20-10-6-7-11-21(20)29-4;/h6-7,10-11,19H,5,8-9,12-18H2,1-4H3,(H2,24,25,26);1H. The summed E-state index contributed by atoms with van der Waals surface area (Å²) in [6, 6.07) is 8.63. The number of rotatable bonds is 7. The van der Waals surface area contributed by atoms with Crippen molar-refractivity contribution in [1.29, 1.82) is 0 Å². The third kappa shape index (κ3) is 6.86.